The molecule has 0 fully saturated rings. The smallest absolute Gasteiger partial charge is 0.289 e. The molecule has 0 unspecified atom stereocenters. The van der Waals surface area contributed by atoms with E-state index in [0.717, 1.165) is 6.21 Å². The number of amides is 2. The molecule has 0 aromatic heterocycles. The second-order valence-electron chi connectivity index (χ2n) is 2.29. The summed E-state index contributed by atoms with van der Waals surface area (Å²) in [6.45, 7) is 0. The average molecular weight is 177 g/mol. The molecule has 0 spiro atoms. The zero-order valence-corrected chi connectivity index (χ0v) is 6.24. The maximum absolute atomic E-state index is 11.1. The number of carbonyl (C=O) groups is 2. The van der Waals surface area contributed by atoms with E-state index in [-0.39, 0.29) is 17.5 Å². The van der Waals surface area contributed by atoms with Crippen molar-refractivity contribution in [2.75, 3.05) is 0 Å². The highest BCUT2D eigenvalue weighted by molar-refractivity contribution is 6.72. The molecule has 7 nitrogen and oxygen atoms in total. The van der Waals surface area contributed by atoms with Gasteiger partial charge in [-0.25, -0.2) is 4.99 Å². The summed E-state index contributed by atoms with van der Waals surface area (Å²) in [6.07, 6.45) is 0.953. The molecule has 64 valence electrons. The first-order valence-electron chi connectivity index (χ1n) is 3.32. The number of hydrogen-bond donors (Lipinski definition) is 2. The van der Waals surface area contributed by atoms with Crippen LogP contribution >= 0.6 is 0 Å². The normalized spacial score (nSPS) is 20.5. The minimum atomic E-state index is -0.625. The van der Waals surface area contributed by atoms with Crippen LogP contribution in [0.1, 0.15) is 0 Å². The first-order valence-corrected chi connectivity index (χ1v) is 3.32. The van der Waals surface area contributed by atoms with Crippen LogP contribution in [0.4, 0.5) is 0 Å². The van der Waals surface area contributed by atoms with Crippen molar-refractivity contribution >= 4 is 35.5 Å². The Morgan fingerprint density at radius 2 is 2.08 bits per heavy atom. The van der Waals surface area contributed by atoms with Crippen LogP contribution in [0.5, 0.6) is 0 Å². The number of aliphatic imine (C=N–C) groups is 3. The molecule has 13 heavy (non-hydrogen) atoms. The van der Waals surface area contributed by atoms with Gasteiger partial charge < -0.3 is 0 Å². The highest BCUT2D eigenvalue weighted by atomic mass is 16.2. The molecule has 2 aliphatic rings. The SMILES string of the molecule is N=C1N=C2N=CC(=O)N=C2C(=O)N1. The second-order valence-corrected chi connectivity index (χ2v) is 2.29. The number of hydrogen-bond acceptors (Lipinski definition) is 4. The molecule has 2 heterocycles. The number of rotatable bonds is 0. The summed E-state index contributed by atoms with van der Waals surface area (Å²) in [7, 11) is 0. The Kier molecular flexibility index (Phi) is 1.38. The number of nitrogens with zero attached hydrogens (tertiary/aromatic N) is 3. The summed E-state index contributed by atoms with van der Waals surface area (Å²) in [5, 5.41) is 9.16. The van der Waals surface area contributed by atoms with Gasteiger partial charge in [-0.15, -0.1) is 0 Å². The van der Waals surface area contributed by atoms with Gasteiger partial charge in [-0.3, -0.25) is 20.3 Å². The largest absolute Gasteiger partial charge is 0.289 e. The number of nitrogens with one attached hydrogen (secondary N) is 2. The van der Waals surface area contributed by atoms with Crippen molar-refractivity contribution in [1.82, 2.24) is 5.32 Å². The zero-order chi connectivity index (χ0) is 9.42. The van der Waals surface area contributed by atoms with Crippen molar-refractivity contribution in [2.45, 2.75) is 0 Å². The van der Waals surface area contributed by atoms with Crippen LogP contribution in [0, 0.1) is 5.41 Å². The molecule has 0 aromatic rings. The van der Waals surface area contributed by atoms with E-state index in [2.05, 4.69) is 20.3 Å². The van der Waals surface area contributed by atoms with Crippen LogP contribution in [0.25, 0.3) is 0 Å². The third-order valence-electron chi connectivity index (χ3n) is 1.40. The van der Waals surface area contributed by atoms with Gasteiger partial charge in [0.25, 0.3) is 11.8 Å². The van der Waals surface area contributed by atoms with E-state index in [1.807, 2.05) is 0 Å². The first-order chi connectivity index (χ1) is 6.16. The van der Waals surface area contributed by atoms with E-state index in [4.69, 9.17) is 5.41 Å². The topological polar surface area (TPSA) is 107 Å². The lowest BCUT2D eigenvalue weighted by Crippen LogP contribution is -2.45. The Hall–Kier alpha value is -2.18. The first kappa shape index (κ1) is 7.47. The van der Waals surface area contributed by atoms with Crippen LogP contribution < -0.4 is 5.32 Å². The molecule has 2 rings (SSSR count). The van der Waals surface area contributed by atoms with Gasteiger partial charge in [-0.05, 0) is 0 Å². The van der Waals surface area contributed by atoms with Gasteiger partial charge in [0.15, 0.2) is 11.5 Å². The van der Waals surface area contributed by atoms with Crippen molar-refractivity contribution in [3.05, 3.63) is 0 Å². The van der Waals surface area contributed by atoms with Gasteiger partial charge in [-0.1, -0.05) is 0 Å². The quantitative estimate of drug-likeness (QED) is 0.469. The fraction of sp³-hybridized carbons (Fsp3) is 0. The minimum absolute atomic E-state index is 0.00773. The third-order valence-corrected chi connectivity index (χ3v) is 1.40. The van der Waals surface area contributed by atoms with Crippen molar-refractivity contribution in [3.63, 3.8) is 0 Å². The molecular weight excluding hydrogens is 174 g/mol. The Balaban J connectivity index is 2.53. The summed E-state index contributed by atoms with van der Waals surface area (Å²) in [4.78, 5) is 32.4. The Morgan fingerprint density at radius 3 is 2.85 bits per heavy atom. The third kappa shape index (κ3) is 1.15. The van der Waals surface area contributed by atoms with Gasteiger partial charge in [0.1, 0.15) is 0 Å². The molecule has 2 amide bonds. The van der Waals surface area contributed by atoms with Crippen LogP contribution in [0.3, 0.4) is 0 Å². The van der Waals surface area contributed by atoms with Gasteiger partial charge in [0, 0.05) is 0 Å². The van der Waals surface area contributed by atoms with Crippen molar-refractivity contribution in [3.8, 4) is 0 Å². The van der Waals surface area contributed by atoms with Crippen molar-refractivity contribution < 1.29 is 9.59 Å². The van der Waals surface area contributed by atoms with E-state index in [0.29, 0.717) is 0 Å². The lowest BCUT2D eigenvalue weighted by atomic mass is 10.2. The molecular formula is C6H3N5O2. The highest BCUT2D eigenvalue weighted by Gasteiger charge is 2.27. The summed E-state index contributed by atoms with van der Waals surface area (Å²) in [6, 6.07) is 0. The maximum atomic E-state index is 11.1. The van der Waals surface area contributed by atoms with Gasteiger partial charge in [0.05, 0.1) is 6.21 Å². The molecule has 0 radical (unpaired) electrons. The fourth-order valence-electron chi connectivity index (χ4n) is 0.901. The Morgan fingerprint density at radius 1 is 1.31 bits per heavy atom. The van der Waals surface area contributed by atoms with E-state index in [1.165, 1.54) is 0 Å². The molecule has 7 heteroatoms. The molecule has 0 saturated heterocycles. The van der Waals surface area contributed by atoms with Crippen LogP contribution in [-0.4, -0.2) is 35.5 Å². The molecule has 0 bridgehead atoms. The number of amidine groups is 1. The van der Waals surface area contributed by atoms with E-state index < -0.39 is 11.8 Å². The summed E-state index contributed by atoms with van der Waals surface area (Å²) in [5.41, 5.74) is -0.136. The predicted molar refractivity (Wildman–Crippen MR) is 44.2 cm³/mol. The lowest BCUT2D eigenvalue weighted by Gasteiger charge is -2.13. The monoisotopic (exact) mass is 177 g/mol. The molecule has 0 aromatic carbocycles. The van der Waals surface area contributed by atoms with Crippen LogP contribution in [0.2, 0.25) is 0 Å². The molecule has 0 atom stereocenters. The molecule has 2 aliphatic heterocycles. The lowest BCUT2D eigenvalue weighted by molar-refractivity contribution is -0.115. The van der Waals surface area contributed by atoms with E-state index >= 15 is 0 Å². The minimum Gasteiger partial charge on any atom is -0.289 e. The van der Waals surface area contributed by atoms with Crippen molar-refractivity contribution in [2.24, 2.45) is 15.0 Å². The molecule has 0 saturated carbocycles. The summed E-state index contributed by atoms with van der Waals surface area (Å²) in [5.74, 6) is -1.52. The van der Waals surface area contributed by atoms with Crippen LogP contribution in [-0.2, 0) is 9.59 Å². The fourth-order valence-corrected chi connectivity index (χ4v) is 0.901. The Bertz CT molecular complexity index is 417. The van der Waals surface area contributed by atoms with Crippen molar-refractivity contribution in [1.29, 1.82) is 5.41 Å². The molecule has 2 N–H and O–H groups in total. The molecule has 0 aliphatic carbocycles. The number of carbonyl (C=O) groups excluding carboxylic acids is 2. The Labute approximate surface area is 71.8 Å². The van der Waals surface area contributed by atoms with E-state index in [1.54, 1.807) is 0 Å². The van der Waals surface area contributed by atoms with Gasteiger partial charge in [0.2, 0.25) is 5.96 Å². The highest BCUT2D eigenvalue weighted by Crippen LogP contribution is 1.99. The summed E-state index contributed by atoms with van der Waals surface area (Å²) >= 11 is 0. The number of fused-ring (bicyclic) bond motifs is 1. The average Bonchev–Trinajstić information content (AvgIpc) is 2.06. The zero-order valence-electron chi connectivity index (χ0n) is 6.24. The van der Waals surface area contributed by atoms with Gasteiger partial charge in [-0.2, -0.15) is 9.98 Å². The number of guanidine groups is 1. The standard InChI is InChI=1S/C6H3N5O2/c7-6-10-4-3(5(13)11-6)9-2(12)1-8-4/h1H,(H2,7,11,13). The van der Waals surface area contributed by atoms with Crippen LogP contribution in [0.15, 0.2) is 15.0 Å². The second kappa shape index (κ2) is 2.41. The predicted octanol–water partition coefficient (Wildman–Crippen LogP) is -1.50. The van der Waals surface area contributed by atoms with E-state index in [9.17, 15) is 9.59 Å². The summed E-state index contributed by atoms with van der Waals surface area (Å²) < 4.78 is 0. The van der Waals surface area contributed by atoms with Gasteiger partial charge >= 0.3 is 0 Å². The maximum Gasteiger partial charge on any atom is 0.289 e.